The van der Waals surface area contributed by atoms with E-state index in [0.717, 1.165) is 5.56 Å². The van der Waals surface area contributed by atoms with Gasteiger partial charge in [0.15, 0.2) is 0 Å². The minimum atomic E-state index is -0.591. The molecule has 0 unspecified atom stereocenters. The van der Waals surface area contributed by atoms with Crippen molar-refractivity contribution in [1.29, 1.82) is 0 Å². The predicted molar refractivity (Wildman–Crippen MR) is 107 cm³/mol. The number of hydrogen-bond acceptors (Lipinski definition) is 8. The van der Waals surface area contributed by atoms with Gasteiger partial charge in [-0.05, 0) is 37.1 Å². The number of nitrogens with one attached hydrogen (secondary N) is 2. The van der Waals surface area contributed by atoms with Gasteiger partial charge in [0.25, 0.3) is 11.4 Å². The van der Waals surface area contributed by atoms with Gasteiger partial charge in [0.05, 0.1) is 28.1 Å². The highest BCUT2D eigenvalue weighted by Crippen LogP contribution is 2.33. The van der Waals surface area contributed by atoms with Crippen LogP contribution in [0.25, 0.3) is 0 Å². The number of benzene rings is 2. The maximum Gasteiger partial charge on any atom is 0.337 e. The smallest absolute Gasteiger partial charge is 0.337 e. The standard InChI is InChI=1S/C20H20N4O6/c1-3-30-20(25)17-12(2)21-19(14-6-10-16(11-7-14)24(28)29)22-18(17)13-4-8-15(9-5-13)23(26)27/h4-11,18-19,21-22H,3H2,1-2H3/t18-,19-/m1/s1. The number of nitro groups is 2. The van der Waals surface area contributed by atoms with Gasteiger partial charge in [-0.1, -0.05) is 12.1 Å². The third-order valence-corrected chi connectivity index (χ3v) is 4.76. The topological polar surface area (TPSA) is 137 Å². The van der Waals surface area contributed by atoms with E-state index >= 15 is 0 Å². The molecule has 3 rings (SSSR count). The molecule has 0 spiro atoms. The van der Waals surface area contributed by atoms with E-state index in [1.54, 1.807) is 38.1 Å². The Morgan fingerprint density at radius 2 is 1.47 bits per heavy atom. The SMILES string of the molecule is CCOC(=O)C1=C(C)N[C@@H](c2ccc([N+](=O)[O-])cc2)N[C@@H]1c1ccc([N+](=O)[O-])cc1. The van der Waals surface area contributed by atoms with E-state index in [9.17, 15) is 25.0 Å². The van der Waals surface area contributed by atoms with Crippen LogP contribution in [0.3, 0.4) is 0 Å². The average Bonchev–Trinajstić information content (AvgIpc) is 2.73. The van der Waals surface area contributed by atoms with Crippen LogP contribution in [0.15, 0.2) is 59.8 Å². The number of carbonyl (C=O) groups excluding carboxylic acids is 1. The normalized spacial score (nSPS) is 18.5. The van der Waals surface area contributed by atoms with Crippen LogP contribution in [-0.2, 0) is 9.53 Å². The van der Waals surface area contributed by atoms with Gasteiger partial charge in [0.1, 0.15) is 6.17 Å². The summed E-state index contributed by atoms with van der Waals surface area (Å²) in [5, 5.41) is 28.3. The summed E-state index contributed by atoms with van der Waals surface area (Å²) in [5.74, 6) is -0.500. The number of esters is 1. The lowest BCUT2D eigenvalue weighted by Crippen LogP contribution is -2.44. The second-order valence-electron chi connectivity index (χ2n) is 6.63. The van der Waals surface area contributed by atoms with Crippen LogP contribution in [0.1, 0.15) is 37.2 Å². The molecule has 1 heterocycles. The number of allylic oxidation sites excluding steroid dienone is 1. The Labute approximate surface area is 171 Å². The predicted octanol–water partition coefficient (Wildman–Crippen LogP) is 3.27. The molecule has 0 radical (unpaired) electrons. The number of carbonyl (C=O) groups is 1. The molecule has 156 valence electrons. The zero-order valence-corrected chi connectivity index (χ0v) is 16.3. The van der Waals surface area contributed by atoms with Crippen LogP contribution in [-0.4, -0.2) is 22.4 Å². The first-order valence-electron chi connectivity index (χ1n) is 9.21. The Hall–Kier alpha value is -3.79. The second-order valence-corrected chi connectivity index (χ2v) is 6.63. The van der Waals surface area contributed by atoms with Crippen LogP contribution < -0.4 is 10.6 Å². The van der Waals surface area contributed by atoms with Crippen molar-refractivity contribution in [2.24, 2.45) is 0 Å². The van der Waals surface area contributed by atoms with E-state index in [2.05, 4.69) is 10.6 Å². The molecule has 0 aliphatic carbocycles. The molecular formula is C20H20N4O6. The van der Waals surface area contributed by atoms with Crippen LogP contribution in [0.4, 0.5) is 11.4 Å². The van der Waals surface area contributed by atoms with Gasteiger partial charge in [-0.25, -0.2) is 4.79 Å². The molecule has 0 fully saturated rings. The van der Waals surface area contributed by atoms with E-state index in [1.807, 2.05) is 0 Å². The van der Waals surface area contributed by atoms with Crippen molar-refractivity contribution in [3.63, 3.8) is 0 Å². The molecule has 30 heavy (non-hydrogen) atoms. The van der Waals surface area contributed by atoms with E-state index < -0.39 is 28.0 Å². The summed E-state index contributed by atoms with van der Waals surface area (Å²) in [7, 11) is 0. The molecule has 2 atom stereocenters. The van der Waals surface area contributed by atoms with Crippen molar-refractivity contribution in [2.45, 2.75) is 26.1 Å². The van der Waals surface area contributed by atoms with Crippen molar-refractivity contribution in [1.82, 2.24) is 10.6 Å². The fourth-order valence-electron chi connectivity index (χ4n) is 3.30. The van der Waals surface area contributed by atoms with Gasteiger partial charge in [-0.2, -0.15) is 0 Å². The highest BCUT2D eigenvalue weighted by atomic mass is 16.6. The van der Waals surface area contributed by atoms with Crippen LogP contribution in [0.5, 0.6) is 0 Å². The summed E-state index contributed by atoms with van der Waals surface area (Å²) in [5.41, 5.74) is 2.24. The van der Waals surface area contributed by atoms with E-state index in [4.69, 9.17) is 4.74 Å². The lowest BCUT2D eigenvalue weighted by molar-refractivity contribution is -0.385. The molecule has 0 saturated carbocycles. The van der Waals surface area contributed by atoms with Crippen LogP contribution in [0, 0.1) is 20.2 Å². The number of ether oxygens (including phenoxy) is 1. The second kappa shape index (κ2) is 8.70. The highest BCUT2D eigenvalue weighted by Gasteiger charge is 2.33. The molecule has 1 aliphatic rings. The van der Waals surface area contributed by atoms with E-state index in [0.29, 0.717) is 16.8 Å². The fourth-order valence-corrected chi connectivity index (χ4v) is 3.30. The van der Waals surface area contributed by atoms with Crippen molar-refractivity contribution in [3.05, 3.63) is 91.2 Å². The van der Waals surface area contributed by atoms with Gasteiger partial charge >= 0.3 is 5.97 Å². The third kappa shape index (κ3) is 4.28. The Morgan fingerprint density at radius 3 is 1.93 bits per heavy atom. The quantitative estimate of drug-likeness (QED) is 0.419. The molecule has 1 aliphatic heterocycles. The van der Waals surface area contributed by atoms with Gasteiger partial charge in [0, 0.05) is 30.0 Å². The summed E-state index contributed by atoms with van der Waals surface area (Å²) in [4.78, 5) is 33.5. The zero-order chi connectivity index (χ0) is 21.8. The molecule has 0 aromatic heterocycles. The molecular weight excluding hydrogens is 392 g/mol. The van der Waals surface area contributed by atoms with Crippen molar-refractivity contribution in [2.75, 3.05) is 6.61 Å². The Balaban J connectivity index is 1.99. The monoisotopic (exact) mass is 412 g/mol. The number of nitro benzene ring substituents is 2. The number of non-ortho nitro benzene ring substituents is 2. The lowest BCUT2D eigenvalue weighted by atomic mass is 9.93. The van der Waals surface area contributed by atoms with Crippen molar-refractivity contribution >= 4 is 17.3 Å². The molecule has 10 nitrogen and oxygen atoms in total. The maximum atomic E-state index is 12.6. The first kappa shape index (κ1) is 20.9. The minimum absolute atomic E-state index is 0.0269. The summed E-state index contributed by atoms with van der Waals surface area (Å²) >= 11 is 0. The summed E-state index contributed by atoms with van der Waals surface area (Å²) in [6, 6.07) is 11.4. The van der Waals surface area contributed by atoms with E-state index in [-0.39, 0.29) is 18.0 Å². The third-order valence-electron chi connectivity index (χ3n) is 4.76. The summed E-state index contributed by atoms with van der Waals surface area (Å²) < 4.78 is 5.19. The average molecular weight is 412 g/mol. The molecule has 10 heteroatoms. The van der Waals surface area contributed by atoms with Gasteiger partial charge in [-0.3, -0.25) is 25.5 Å². The molecule has 2 aromatic rings. The van der Waals surface area contributed by atoms with Crippen LogP contribution in [0.2, 0.25) is 0 Å². The molecule has 0 bridgehead atoms. The molecule has 0 amide bonds. The van der Waals surface area contributed by atoms with Gasteiger partial charge < -0.3 is 10.1 Å². The summed E-state index contributed by atoms with van der Waals surface area (Å²) in [6.45, 7) is 3.65. The van der Waals surface area contributed by atoms with Gasteiger partial charge in [0.2, 0.25) is 0 Å². The first-order valence-corrected chi connectivity index (χ1v) is 9.21. The summed E-state index contributed by atoms with van der Waals surface area (Å²) in [6.07, 6.45) is -0.441. The fraction of sp³-hybridized carbons (Fsp3) is 0.250. The van der Waals surface area contributed by atoms with E-state index in [1.165, 1.54) is 24.3 Å². The molecule has 0 saturated heterocycles. The number of rotatable bonds is 6. The Morgan fingerprint density at radius 1 is 0.967 bits per heavy atom. The molecule has 2 aromatic carbocycles. The zero-order valence-electron chi connectivity index (χ0n) is 16.3. The minimum Gasteiger partial charge on any atom is -0.463 e. The van der Waals surface area contributed by atoms with Crippen molar-refractivity contribution < 1.29 is 19.4 Å². The Bertz CT molecular complexity index is 1000. The highest BCUT2D eigenvalue weighted by molar-refractivity contribution is 5.91. The van der Waals surface area contributed by atoms with Gasteiger partial charge in [-0.15, -0.1) is 0 Å². The maximum absolute atomic E-state index is 12.6. The number of nitrogens with zero attached hydrogens (tertiary/aromatic N) is 2. The van der Waals surface area contributed by atoms with Crippen LogP contribution >= 0.6 is 0 Å². The first-order chi connectivity index (χ1) is 14.3. The molecule has 2 N–H and O–H groups in total. The largest absolute Gasteiger partial charge is 0.463 e. The Kier molecular flexibility index (Phi) is 6.07. The number of hydrogen-bond donors (Lipinski definition) is 2. The van der Waals surface area contributed by atoms with Crippen molar-refractivity contribution in [3.8, 4) is 0 Å². The lowest BCUT2D eigenvalue weighted by Gasteiger charge is -2.35.